The van der Waals surface area contributed by atoms with Crippen LogP contribution in [-0.4, -0.2) is 11.1 Å². The third kappa shape index (κ3) is 1.66. The standard InChI is InChI=1S/C7H5FINO2/c8-6-4(7(11)12)1-3(10)2-5(6)9/h1-2H,10H2,(H,11,12). The SMILES string of the molecule is Nc1cc(I)c(F)c(C(=O)O)c1. The number of hydrogen-bond donors (Lipinski definition) is 2. The van der Waals surface area contributed by atoms with Crippen molar-refractivity contribution < 1.29 is 14.3 Å². The third-order valence-corrected chi connectivity index (χ3v) is 2.07. The Balaban J connectivity index is 3.37. The summed E-state index contributed by atoms with van der Waals surface area (Å²) in [5, 5.41) is 8.52. The zero-order valence-electron chi connectivity index (χ0n) is 5.84. The molecule has 1 rings (SSSR count). The lowest BCUT2D eigenvalue weighted by molar-refractivity contribution is 0.0691. The number of anilines is 1. The number of halogens is 2. The van der Waals surface area contributed by atoms with Crippen molar-refractivity contribution in [1.82, 2.24) is 0 Å². The van der Waals surface area contributed by atoms with Gasteiger partial charge in [-0.2, -0.15) is 0 Å². The van der Waals surface area contributed by atoms with E-state index in [1.54, 1.807) is 22.6 Å². The molecule has 64 valence electrons. The zero-order chi connectivity index (χ0) is 9.30. The molecule has 3 nitrogen and oxygen atoms in total. The summed E-state index contributed by atoms with van der Waals surface area (Å²) >= 11 is 1.69. The van der Waals surface area contributed by atoms with E-state index in [9.17, 15) is 9.18 Å². The van der Waals surface area contributed by atoms with E-state index in [2.05, 4.69) is 0 Å². The number of carbonyl (C=O) groups is 1. The first kappa shape index (κ1) is 9.24. The highest BCUT2D eigenvalue weighted by atomic mass is 127. The van der Waals surface area contributed by atoms with Crippen LogP contribution >= 0.6 is 22.6 Å². The van der Waals surface area contributed by atoms with E-state index in [0.717, 1.165) is 6.07 Å². The van der Waals surface area contributed by atoms with Crippen LogP contribution in [0, 0.1) is 9.39 Å². The molecule has 0 aliphatic heterocycles. The molecular weight excluding hydrogens is 276 g/mol. The van der Waals surface area contributed by atoms with Crippen LogP contribution in [0.25, 0.3) is 0 Å². The first-order valence-corrected chi connectivity index (χ1v) is 4.08. The van der Waals surface area contributed by atoms with Crippen LogP contribution in [0.3, 0.4) is 0 Å². The summed E-state index contributed by atoms with van der Waals surface area (Å²) in [6.45, 7) is 0. The number of aromatic carboxylic acids is 1. The van der Waals surface area contributed by atoms with Gasteiger partial charge in [0.25, 0.3) is 0 Å². The van der Waals surface area contributed by atoms with Crippen molar-refractivity contribution in [3.8, 4) is 0 Å². The summed E-state index contributed by atoms with van der Waals surface area (Å²) < 4.78 is 13.2. The topological polar surface area (TPSA) is 63.3 Å². The molecule has 0 fully saturated rings. The van der Waals surface area contributed by atoms with Crippen LogP contribution in [0.15, 0.2) is 12.1 Å². The molecule has 0 heterocycles. The van der Waals surface area contributed by atoms with Gasteiger partial charge in [0.05, 0.1) is 9.13 Å². The van der Waals surface area contributed by atoms with Gasteiger partial charge in [-0.1, -0.05) is 0 Å². The number of benzene rings is 1. The molecule has 3 N–H and O–H groups in total. The summed E-state index contributed by atoms with van der Waals surface area (Å²) in [4.78, 5) is 10.4. The monoisotopic (exact) mass is 281 g/mol. The molecule has 0 spiro atoms. The van der Waals surface area contributed by atoms with Gasteiger partial charge >= 0.3 is 5.97 Å². The predicted molar refractivity (Wildman–Crippen MR) is 50.5 cm³/mol. The molecule has 0 unspecified atom stereocenters. The van der Waals surface area contributed by atoms with Crippen molar-refractivity contribution in [3.05, 3.63) is 27.1 Å². The molecule has 12 heavy (non-hydrogen) atoms. The quantitative estimate of drug-likeness (QED) is 0.608. The summed E-state index contributed by atoms with van der Waals surface area (Å²) in [6.07, 6.45) is 0. The number of hydrogen-bond acceptors (Lipinski definition) is 2. The van der Waals surface area contributed by atoms with Crippen LogP contribution < -0.4 is 5.73 Å². The maximum atomic E-state index is 13.0. The molecule has 1 aromatic carbocycles. The maximum absolute atomic E-state index is 13.0. The summed E-state index contributed by atoms with van der Waals surface area (Å²) in [6, 6.07) is 2.47. The third-order valence-electron chi connectivity index (χ3n) is 1.28. The van der Waals surface area contributed by atoms with Crippen LogP contribution in [0.1, 0.15) is 10.4 Å². The Hall–Kier alpha value is -0.850. The number of rotatable bonds is 1. The highest BCUT2D eigenvalue weighted by Gasteiger charge is 2.13. The molecular formula is C7H5FINO2. The van der Waals surface area contributed by atoms with Crippen molar-refractivity contribution in [3.63, 3.8) is 0 Å². The van der Waals surface area contributed by atoms with Crippen molar-refractivity contribution in [2.24, 2.45) is 0 Å². The molecule has 0 aliphatic rings. The Morgan fingerprint density at radius 2 is 2.17 bits per heavy atom. The second-order valence-electron chi connectivity index (χ2n) is 2.17. The molecule has 5 heteroatoms. The average molecular weight is 281 g/mol. The van der Waals surface area contributed by atoms with E-state index in [1.165, 1.54) is 6.07 Å². The zero-order valence-corrected chi connectivity index (χ0v) is 8.00. The van der Waals surface area contributed by atoms with E-state index in [-0.39, 0.29) is 14.8 Å². The van der Waals surface area contributed by atoms with Crippen LogP contribution in [0.2, 0.25) is 0 Å². The van der Waals surface area contributed by atoms with Gasteiger partial charge in [0, 0.05) is 5.69 Å². The molecule has 0 amide bonds. The molecule has 0 bridgehead atoms. The van der Waals surface area contributed by atoms with Gasteiger partial charge in [-0.25, -0.2) is 9.18 Å². The van der Waals surface area contributed by atoms with Crippen LogP contribution in [0.4, 0.5) is 10.1 Å². The molecule has 0 aromatic heterocycles. The summed E-state index contributed by atoms with van der Waals surface area (Å²) in [7, 11) is 0. The van der Waals surface area contributed by atoms with E-state index in [0.29, 0.717) is 0 Å². The molecule has 0 atom stereocenters. The molecule has 0 aliphatic carbocycles. The van der Waals surface area contributed by atoms with Gasteiger partial charge in [-0.3, -0.25) is 0 Å². The van der Waals surface area contributed by atoms with Gasteiger partial charge in [0.1, 0.15) is 0 Å². The lowest BCUT2D eigenvalue weighted by Crippen LogP contribution is -2.03. The van der Waals surface area contributed by atoms with Crippen LogP contribution in [-0.2, 0) is 0 Å². The Morgan fingerprint density at radius 3 is 2.67 bits per heavy atom. The fourth-order valence-electron chi connectivity index (χ4n) is 0.766. The fraction of sp³-hybridized carbons (Fsp3) is 0. The van der Waals surface area contributed by atoms with Gasteiger partial charge < -0.3 is 10.8 Å². The smallest absolute Gasteiger partial charge is 0.338 e. The Labute approximate surface area is 81.5 Å². The van der Waals surface area contributed by atoms with Gasteiger partial charge in [-0.05, 0) is 34.7 Å². The molecule has 0 saturated carbocycles. The maximum Gasteiger partial charge on any atom is 0.338 e. The minimum absolute atomic E-state index is 0.213. The summed E-state index contributed by atoms with van der Waals surface area (Å²) in [5.74, 6) is -2.05. The largest absolute Gasteiger partial charge is 0.478 e. The number of carboxylic acids is 1. The van der Waals surface area contributed by atoms with Crippen molar-refractivity contribution >= 4 is 34.2 Å². The number of carboxylic acid groups (broad SMARTS) is 1. The fourth-order valence-corrected chi connectivity index (χ4v) is 1.42. The Morgan fingerprint density at radius 1 is 1.58 bits per heavy atom. The Kier molecular flexibility index (Phi) is 2.51. The predicted octanol–water partition coefficient (Wildman–Crippen LogP) is 1.71. The number of nitrogen functional groups attached to an aromatic ring is 1. The minimum Gasteiger partial charge on any atom is -0.478 e. The highest BCUT2D eigenvalue weighted by Crippen LogP contribution is 2.19. The van der Waals surface area contributed by atoms with E-state index in [4.69, 9.17) is 10.8 Å². The molecule has 0 radical (unpaired) electrons. The van der Waals surface area contributed by atoms with E-state index >= 15 is 0 Å². The second-order valence-corrected chi connectivity index (χ2v) is 3.33. The number of nitrogens with two attached hydrogens (primary N) is 1. The molecule has 0 saturated heterocycles. The second kappa shape index (κ2) is 3.26. The van der Waals surface area contributed by atoms with Gasteiger partial charge in [0.2, 0.25) is 0 Å². The minimum atomic E-state index is -1.31. The van der Waals surface area contributed by atoms with Crippen molar-refractivity contribution in [1.29, 1.82) is 0 Å². The normalized spacial score (nSPS) is 9.83. The van der Waals surface area contributed by atoms with Gasteiger partial charge in [0.15, 0.2) is 5.82 Å². The Bertz CT molecular complexity index is 340. The van der Waals surface area contributed by atoms with Crippen molar-refractivity contribution in [2.45, 2.75) is 0 Å². The highest BCUT2D eigenvalue weighted by molar-refractivity contribution is 14.1. The van der Waals surface area contributed by atoms with Gasteiger partial charge in [-0.15, -0.1) is 0 Å². The first-order valence-electron chi connectivity index (χ1n) is 3.00. The van der Waals surface area contributed by atoms with E-state index in [1.807, 2.05) is 0 Å². The van der Waals surface area contributed by atoms with Crippen LogP contribution in [0.5, 0.6) is 0 Å². The lowest BCUT2D eigenvalue weighted by atomic mass is 10.2. The van der Waals surface area contributed by atoms with E-state index < -0.39 is 11.8 Å². The van der Waals surface area contributed by atoms with Crippen molar-refractivity contribution in [2.75, 3.05) is 5.73 Å². The average Bonchev–Trinajstić information content (AvgIpc) is 1.96. The molecule has 1 aromatic rings. The lowest BCUT2D eigenvalue weighted by Gasteiger charge is -2.01. The summed E-state index contributed by atoms with van der Waals surface area (Å²) in [5.41, 5.74) is 5.19. The first-order chi connectivity index (χ1) is 5.52.